The van der Waals surface area contributed by atoms with Crippen molar-refractivity contribution in [3.8, 4) is 11.9 Å². The molecule has 0 unspecified atom stereocenters. The molecule has 1 aromatic heterocycles. The summed E-state index contributed by atoms with van der Waals surface area (Å²) >= 11 is 0. The topological polar surface area (TPSA) is 86.4 Å². The number of hydrogen-bond donors (Lipinski definition) is 2. The highest BCUT2D eigenvalue weighted by Crippen LogP contribution is 2.03. The summed E-state index contributed by atoms with van der Waals surface area (Å²) in [6.07, 6.45) is 0. The van der Waals surface area contributed by atoms with Gasteiger partial charge in [-0.3, -0.25) is 0 Å². The molecular formula is C7H7BN2O3. The van der Waals surface area contributed by atoms with Crippen molar-refractivity contribution in [3.05, 3.63) is 17.8 Å². The predicted molar refractivity (Wildman–Crippen MR) is 45.3 cm³/mol. The largest absolute Gasteiger partial charge is 0.494 e. The van der Waals surface area contributed by atoms with Gasteiger partial charge >= 0.3 is 7.12 Å². The lowest BCUT2D eigenvalue weighted by Gasteiger charge is -2.05. The first-order chi connectivity index (χ1) is 6.19. The number of methoxy groups -OCH3 is 1. The molecule has 0 bridgehead atoms. The molecule has 1 aromatic rings. The van der Waals surface area contributed by atoms with E-state index in [0.717, 1.165) is 0 Å². The summed E-state index contributed by atoms with van der Waals surface area (Å²) in [5.74, 6) is 0.0500. The number of ether oxygens (including phenoxy) is 1. The first-order valence-corrected chi connectivity index (χ1v) is 3.50. The van der Waals surface area contributed by atoms with E-state index in [0.29, 0.717) is 0 Å². The van der Waals surface area contributed by atoms with E-state index in [4.69, 9.17) is 20.0 Å². The van der Waals surface area contributed by atoms with Gasteiger partial charge in [0, 0.05) is 5.46 Å². The maximum Gasteiger partial charge on any atom is 0.494 e. The van der Waals surface area contributed by atoms with E-state index >= 15 is 0 Å². The fourth-order valence-corrected chi connectivity index (χ4v) is 0.873. The van der Waals surface area contributed by atoms with E-state index < -0.39 is 7.12 Å². The average molecular weight is 178 g/mol. The Labute approximate surface area is 75.4 Å². The summed E-state index contributed by atoms with van der Waals surface area (Å²) in [5, 5.41) is 26.2. The fraction of sp³-hybridized carbons (Fsp3) is 0.143. The van der Waals surface area contributed by atoms with Crippen LogP contribution in [0.2, 0.25) is 0 Å². The van der Waals surface area contributed by atoms with Crippen molar-refractivity contribution >= 4 is 12.6 Å². The molecule has 0 aliphatic heterocycles. The van der Waals surface area contributed by atoms with E-state index in [9.17, 15) is 0 Å². The summed E-state index contributed by atoms with van der Waals surface area (Å²) < 4.78 is 4.77. The normalized spacial score (nSPS) is 9.08. The summed E-state index contributed by atoms with van der Waals surface area (Å²) in [7, 11) is -0.301. The van der Waals surface area contributed by atoms with Gasteiger partial charge in [0.05, 0.1) is 7.11 Å². The summed E-state index contributed by atoms with van der Waals surface area (Å²) in [5.41, 5.74) is 0.308. The molecular weight excluding hydrogens is 171 g/mol. The van der Waals surface area contributed by atoms with Crippen LogP contribution in [0.1, 0.15) is 5.69 Å². The minimum absolute atomic E-state index is 0.0500. The Bertz CT molecular complexity index is 348. The van der Waals surface area contributed by atoms with Gasteiger partial charge in [0.25, 0.3) is 0 Å². The Morgan fingerprint density at radius 1 is 1.54 bits per heavy atom. The molecule has 2 N–H and O–H groups in total. The van der Waals surface area contributed by atoms with Gasteiger partial charge in [-0.15, -0.1) is 0 Å². The third kappa shape index (κ3) is 1.96. The zero-order valence-electron chi connectivity index (χ0n) is 6.93. The van der Waals surface area contributed by atoms with Crippen LogP contribution >= 0.6 is 0 Å². The predicted octanol–water partition coefficient (Wildman–Crippen LogP) is -1.36. The first-order valence-electron chi connectivity index (χ1n) is 3.50. The zero-order valence-corrected chi connectivity index (χ0v) is 6.93. The maximum absolute atomic E-state index is 8.85. The third-order valence-corrected chi connectivity index (χ3v) is 1.48. The quantitative estimate of drug-likeness (QED) is 0.546. The fourth-order valence-electron chi connectivity index (χ4n) is 0.873. The van der Waals surface area contributed by atoms with Crippen molar-refractivity contribution in [3.63, 3.8) is 0 Å². The van der Waals surface area contributed by atoms with Gasteiger partial charge in [-0.2, -0.15) is 5.26 Å². The average Bonchev–Trinajstić information content (AvgIpc) is 2.16. The lowest BCUT2D eigenvalue weighted by Crippen LogP contribution is -2.31. The molecule has 13 heavy (non-hydrogen) atoms. The van der Waals surface area contributed by atoms with Crippen molar-refractivity contribution in [2.45, 2.75) is 0 Å². The maximum atomic E-state index is 8.85. The molecule has 0 radical (unpaired) electrons. The second kappa shape index (κ2) is 3.89. The Hall–Kier alpha value is -1.58. The van der Waals surface area contributed by atoms with Crippen LogP contribution in [0.25, 0.3) is 0 Å². The van der Waals surface area contributed by atoms with Crippen molar-refractivity contribution in [2.75, 3.05) is 7.11 Å². The molecule has 0 saturated carbocycles. The van der Waals surface area contributed by atoms with Gasteiger partial charge in [0.15, 0.2) is 0 Å². The van der Waals surface area contributed by atoms with Crippen molar-refractivity contribution < 1.29 is 14.8 Å². The molecule has 1 rings (SSSR count). The summed E-state index contributed by atoms with van der Waals surface area (Å²) in [6.45, 7) is 0. The molecule has 6 heteroatoms. The highest BCUT2D eigenvalue weighted by molar-refractivity contribution is 6.59. The summed E-state index contributed by atoms with van der Waals surface area (Å²) in [4.78, 5) is 3.73. The molecule has 0 aromatic carbocycles. The second-order valence-electron chi connectivity index (χ2n) is 2.28. The molecule has 0 atom stereocenters. The Kier molecular flexibility index (Phi) is 2.85. The van der Waals surface area contributed by atoms with E-state index in [-0.39, 0.29) is 17.0 Å². The van der Waals surface area contributed by atoms with Crippen molar-refractivity contribution in [1.29, 1.82) is 5.26 Å². The van der Waals surface area contributed by atoms with Crippen LogP contribution in [0, 0.1) is 11.3 Å². The second-order valence-corrected chi connectivity index (χ2v) is 2.28. The highest BCUT2D eigenvalue weighted by atomic mass is 16.5. The number of aromatic nitrogens is 1. The van der Waals surface area contributed by atoms with Gasteiger partial charge < -0.3 is 14.8 Å². The van der Waals surface area contributed by atoms with E-state index in [1.165, 1.54) is 19.2 Å². The lowest BCUT2D eigenvalue weighted by atomic mass is 9.81. The van der Waals surface area contributed by atoms with E-state index in [1.54, 1.807) is 0 Å². The molecule has 0 amide bonds. The lowest BCUT2D eigenvalue weighted by molar-refractivity contribution is 0.390. The van der Waals surface area contributed by atoms with Gasteiger partial charge in [0.2, 0.25) is 5.88 Å². The molecule has 1 heterocycles. The Morgan fingerprint density at radius 2 is 2.23 bits per heavy atom. The van der Waals surface area contributed by atoms with Gasteiger partial charge in [-0.1, -0.05) is 6.07 Å². The van der Waals surface area contributed by atoms with Crippen molar-refractivity contribution in [1.82, 2.24) is 4.98 Å². The van der Waals surface area contributed by atoms with Crippen LogP contribution in [-0.4, -0.2) is 29.3 Å². The molecule has 0 aliphatic rings. The molecule has 0 aliphatic carbocycles. The molecule has 66 valence electrons. The molecule has 0 fully saturated rings. The van der Waals surface area contributed by atoms with Crippen LogP contribution in [0.15, 0.2) is 12.1 Å². The number of pyridine rings is 1. The van der Waals surface area contributed by atoms with Crippen LogP contribution in [0.3, 0.4) is 0 Å². The zero-order chi connectivity index (χ0) is 9.84. The number of hydrogen-bond acceptors (Lipinski definition) is 5. The molecule has 0 spiro atoms. The smallest absolute Gasteiger partial charge is 0.481 e. The Morgan fingerprint density at radius 3 is 2.69 bits per heavy atom. The minimum atomic E-state index is -1.64. The number of rotatable bonds is 2. The SMILES string of the molecule is COc1nc(C#N)ccc1B(O)O. The van der Waals surface area contributed by atoms with Crippen LogP contribution < -0.4 is 10.2 Å². The third-order valence-electron chi connectivity index (χ3n) is 1.48. The van der Waals surface area contributed by atoms with Crippen LogP contribution in [-0.2, 0) is 0 Å². The minimum Gasteiger partial charge on any atom is -0.481 e. The van der Waals surface area contributed by atoms with E-state index in [2.05, 4.69) is 4.98 Å². The Balaban J connectivity index is 3.17. The number of nitriles is 1. The standard InChI is InChI=1S/C7H7BN2O3/c1-13-7-6(8(11)12)3-2-5(4-9)10-7/h2-3,11-12H,1H3. The highest BCUT2D eigenvalue weighted by Gasteiger charge is 2.18. The summed E-state index contributed by atoms with van der Waals surface area (Å²) in [6, 6.07) is 4.58. The van der Waals surface area contributed by atoms with Crippen molar-refractivity contribution in [2.24, 2.45) is 0 Å². The van der Waals surface area contributed by atoms with Crippen LogP contribution in [0.4, 0.5) is 0 Å². The molecule has 5 nitrogen and oxygen atoms in total. The monoisotopic (exact) mass is 178 g/mol. The van der Waals surface area contributed by atoms with Gasteiger partial charge in [0.1, 0.15) is 11.8 Å². The van der Waals surface area contributed by atoms with Gasteiger partial charge in [-0.25, -0.2) is 4.98 Å². The van der Waals surface area contributed by atoms with Gasteiger partial charge in [-0.05, 0) is 6.07 Å². The number of nitrogens with zero attached hydrogens (tertiary/aromatic N) is 2. The first kappa shape index (κ1) is 9.51. The van der Waals surface area contributed by atoms with Crippen LogP contribution in [0.5, 0.6) is 5.88 Å². The molecule has 0 saturated heterocycles. The van der Waals surface area contributed by atoms with E-state index in [1.807, 2.05) is 6.07 Å².